The molecule has 5 heteroatoms. The summed E-state index contributed by atoms with van der Waals surface area (Å²) < 4.78 is 14.5. The van der Waals surface area contributed by atoms with Crippen LogP contribution in [0.15, 0.2) is 53.0 Å². The number of halogens is 2. The fourth-order valence-corrected chi connectivity index (χ4v) is 3.10. The van der Waals surface area contributed by atoms with Crippen LogP contribution in [0.4, 0.5) is 10.1 Å². The van der Waals surface area contributed by atoms with E-state index in [0.29, 0.717) is 10.4 Å². The van der Waals surface area contributed by atoms with Gasteiger partial charge in [-0.1, -0.05) is 46.3 Å². The Balaban J connectivity index is 1.66. The molecule has 2 N–H and O–H groups in total. The number of carbonyl (C=O) groups excluding carboxylic acids is 1. The molecule has 24 heavy (non-hydrogen) atoms. The average molecular weight is 391 g/mol. The molecule has 2 unspecified atom stereocenters. The smallest absolute Gasteiger partial charge is 0.241 e. The molecule has 2 aromatic carbocycles. The van der Waals surface area contributed by atoms with E-state index in [2.05, 4.69) is 38.7 Å². The van der Waals surface area contributed by atoms with Crippen LogP contribution in [0.2, 0.25) is 0 Å². The van der Waals surface area contributed by atoms with Crippen LogP contribution in [0, 0.1) is 11.7 Å². The van der Waals surface area contributed by atoms with Gasteiger partial charge in [-0.05, 0) is 49.4 Å². The summed E-state index contributed by atoms with van der Waals surface area (Å²) in [6.45, 7) is 1.81. The quantitative estimate of drug-likeness (QED) is 0.752. The monoisotopic (exact) mass is 390 g/mol. The van der Waals surface area contributed by atoms with Crippen LogP contribution in [-0.2, 0) is 4.79 Å². The van der Waals surface area contributed by atoms with Crippen molar-refractivity contribution >= 4 is 27.5 Å². The topological polar surface area (TPSA) is 41.1 Å². The highest BCUT2D eigenvalue weighted by molar-refractivity contribution is 9.10. The number of rotatable bonds is 6. The van der Waals surface area contributed by atoms with Gasteiger partial charge >= 0.3 is 0 Å². The van der Waals surface area contributed by atoms with Crippen LogP contribution in [0.5, 0.6) is 0 Å². The maximum absolute atomic E-state index is 13.9. The standard InChI is InChI=1S/C19H20BrFN2O/c1-12(19(24)23-17-10-9-15(20)11-16(17)21)22-18(14-7-8-14)13-5-3-2-4-6-13/h2-6,9-12,14,18,22H,7-8H2,1H3,(H,23,24). The first kappa shape index (κ1) is 17.1. The van der Waals surface area contributed by atoms with E-state index >= 15 is 0 Å². The summed E-state index contributed by atoms with van der Waals surface area (Å²) in [5.74, 6) is -0.128. The number of benzene rings is 2. The Hall–Kier alpha value is -1.72. The van der Waals surface area contributed by atoms with E-state index in [0.717, 1.165) is 0 Å². The normalized spacial score (nSPS) is 16.5. The molecule has 2 atom stereocenters. The predicted molar refractivity (Wildman–Crippen MR) is 97.2 cm³/mol. The zero-order chi connectivity index (χ0) is 17.1. The van der Waals surface area contributed by atoms with Gasteiger partial charge in [0.25, 0.3) is 0 Å². The molecule has 0 heterocycles. The van der Waals surface area contributed by atoms with Crippen molar-refractivity contribution in [1.82, 2.24) is 5.32 Å². The van der Waals surface area contributed by atoms with E-state index in [4.69, 9.17) is 0 Å². The predicted octanol–water partition coefficient (Wildman–Crippen LogP) is 4.66. The average Bonchev–Trinajstić information content (AvgIpc) is 3.40. The van der Waals surface area contributed by atoms with Crippen molar-refractivity contribution in [2.75, 3.05) is 5.32 Å². The zero-order valence-corrected chi connectivity index (χ0v) is 15.0. The first-order valence-corrected chi connectivity index (χ1v) is 8.91. The maximum Gasteiger partial charge on any atom is 0.241 e. The van der Waals surface area contributed by atoms with Crippen LogP contribution in [0.1, 0.15) is 31.4 Å². The second-order valence-electron chi connectivity index (χ2n) is 6.23. The highest BCUT2D eigenvalue weighted by Crippen LogP contribution is 2.41. The van der Waals surface area contributed by atoms with Gasteiger partial charge in [-0.25, -0.2) is 4.39 Å². The first-order valence-electron chi connectivity index (χ1n) is 8.11. The summed E-state index contributed by atoms with van der Waals surface area (Å²) in [4.78, 5) is 12.4. The van der Waals surface area contributed by atoms with Crippen molar-refractivity contribution in [3.8, 4) is 0 Å². The molecule has 1 aliphatic rings. The Bertz CT molecular complexity index is 719. The van der Waals surface area contributed by atoms with Crippen LogP contribution < -0.4 is 10.6 Å². The van der Waals surface area contributed by atoms with Gasteiger partial charge in [-0.2, -0.15) is 0 Å². The van der Waals surface area contributed by atoms with Gasteiger partial charge in [0, 0.05) is 10.5 Å². The van der Waals surface area contributed by atoms with Crippen LogP contribution in [0.25, 0.3) is 0 Å². The third kappa shape index (κ3) is 4.22. The molecular formula is C19H20BrFN2O. The lowest BCUT2D eigenvalue weighted by Crippen LogP contribution is -2.41. The molecule has 3 nitrogen and oxygen atoms in total. The van der Waals surface area contributed by atoms with Crippen LogP contribution >= 0.6 is 15.9 Å². The molecule has 1 fully saturated rings. The van der Waals surface area contributed by atoms with Gasteiger partial charge in [0.15, 0.2) is 0 Å². The number of nitrogens with one attached hydrogen (secondary N) is 2. The number of amides is 1. The minimum absolute atomic E-state index is 0.154. The minimum atomic E-state index is -0.452. The van der Waals surface area contributed by atoms with Crippen molar-refractivity contribution in [3.63, 3.8) is 0 Å². The molecular weight excluding hydrogens is 371 g/mol. The van der Waals surface area contributed by atoms with Crippen molar-refractivity contribution in [2.45, 2.75) is 31.8 Å². The molecule has 0 aromatic heterocycles. The molecule has 0 aliphatic heterocycles. The van der Waals surface area contributed by atoms with Gasteiger partial charge in [0.1, 0.15) is 5.82 Å². The molecule has 0 spiro atoms. The van der Waals surface area contributed by atoms with Crippen molar-refractivity contribution in [1.29, 1.82) is 0 Å². The van der Waals surface area contributed by atoms with E-state index in [1.165, 1.54) is 24.5 Å². The summed E-state index contributed by atoms with van der Waals surface area (Å²) in [5, 5.41) is 6.06. The lowest BCUT2D eigenvalue weighted by molar-refractivity contribution is -0.118. The third-order valence-electron chi connectivity index (χ3n) is 4.26. The molecule has 2 aromatic rings. The lowest BCUT2D eigenvalue weighted by Gasteiger charge is -2.23. The Morgan fingerprint density at radius 1 is 1.21 bits per heavy atom. The Morgan fingerprint density at radius 2 is 1.92 bits per heavy atom. The van der Waals surface area contributed by atoms with Gasteiger partial charge in [-0.15, -0.1) is 0 Å². The summed E-state index contributed by atoms with van der Waals surface area (Å²) >= 11 is 3.21. The summed E-state index contributed by atoms with van der Waals surface area (Å²) in [7, 11) is 0. The van der Waals surface area contributed by atoms with Crippen molar-refractivity contribution in [2.24, 2.45) is 5.92 Å². The minimum Gasteiger partial charge on any atom is -0.322 e. The van der Waals surface area contributed by atoms with E-state index in [-0.39, 0.29) is 17.6 Å². The van der Waals surface area contributed by atoms with Crippen molar-refractivity contribution in [3.05, 3.63) is 64.4 Å². The molecule has 126 valence electrons. The second-order valence-corrected chi connectivity index (χ2v) is 7.14. The Labute approximate surface area is 149 Å². The molecule has 1 aliphatic carbocycles. The maximum atomic E-state index is 13.9. The van der Waals surface area contributed by atoms with Gasteiger partial charge in [0.2, 0.25) is 5.91 Å². The van der Waals surface area contributed by atoms with Crippen LogP contribution in [0.3, 0.4) is 0 Å². The van der Waals surface area contributed by atoms with Gasteiger partial charge in [0.05, 0.1) is 11.7 Å². The summed E-state index contributed by atoms with van der Waals surface area (Å²) in [6.07, 6.45) is 2.34. The number of hydrogen-bond acceptors (Lipinski definition) is 2. The summed E-state index contributed by atoms with van der Waals surface area (Å²) in [5.41, 5.74) is 1.38. The van der Waals surface area contributed by atoms with Crippen LogP contribution in [-0.4, -0.2) is 11.9 Å². The molecule has 0 bridgehead atoms. The zero-order valence-electron chi connectivity index (χ0n) is 13.4. The highest BCUT2D eigenvalue weighted by atomic mass is 79.9. The third-order valence-corrected chi connectivity index (χ3v) is 4.76. The van der Waals surface area contributed by atoms with Crippen molar-refractivity contribution < 1.29 is 9.18 Å². The van der Waals surface area contributed by atoms with E-state index in [9.17, 15) is 9.18 Å². The fraction of sp³-hybridized carbons (Fsp3) is 0.316. The molecule has 1 saturated carbocycles. The van der Waals surface area contributed by atoms with E-state index in [1.54, 1.807) is 12.1 Å². The molecule has 3 rings (SSSR count). The van der Waals surface area contributed by atoms with E-state index in [1.807, 2.05) is 25.1 Å². The SMILES string of the molecule is CC(NC(c1ccccc1)C1CC1)C(=O)Nc1ccc(Br)cc1F. The largest absolute Gasteiger partial charge is 0.322 e. The first-order chi connectivity index (χ1) is 11.5. The Morgan fingerprint density at radius 3 is 2.54 bits per heavy atom. The second kappa shape index (κ2) is 7.45. The summed E-state index contributed by atoms with van der Waals surface area (Å²) in [6, 6.07) is 14.5. The van der Waals surface area contributed by atoms with E-state index < -0.39 is 11.9 Å². The number of carbonyl (C=O) groups is 1. The molecule has 1 amide bonds. The Kier molecular flexibility index (Phi) is 5.31. The fourth-order valence-electron chi connectivity index (χ4n) is 2.77. The lowest BCUT2D eigenvalue weighted by atomic mass is 10.0. The molecule has 0 saturated heterocycles. The highest BCUT2D eigenvalue weighted by Gasteiger charge is 2.34. The molecule has 0 radical (unpaired) electrons. The van der Waals surface area contributed by atoms with Gasteiger partial charge < -0.3 is 5.32 Å². The number of hydrogen-bond donors (Lipinski definition) is 2. The van der Waals surface area contributed by atoms with Gasteiger partial charge in [-0.3, -0.25) is 10.1 Å². The number of anilines is 1.